The Morgan fingerprint density at radius 2 is 1.86 bits per heavy atom. The average Bonchev–Trinajstić information content (AvgIpc) is 3.54. The zero-order valence-corrected chi connectivity index (χ0v) is 26.1. The number of benzene rings is 2. The van der Waals surface area contributed by atoms with Crippen LogP contribution in [0, 0.1) is 5.92 Å². The smallest absolute Gasteiger partial charge is 0.318 e. The minimum absolute atomic E-state index is 0.103. The van der Waals surface area contributed by atoms with Crippen molar-refractivity contribution in [2.24, 2.45) is 10.9 Å². The number of nitrogens with zero attached hydrogens (tertiary/aromatic N) is 4. The number of likely N-dealkylation sites (tertiary alicyclic amines) is 1. The van der Waals surface area contributed by atoms with E-state index >= 15 is 0 Å². The molecule has 3 heterocycles. The molecule has 4 amide bonds. The molecule has 0 bridgehead atoms. The summed E-state index contributed by atoms with van der Waals surface area (Å²) in [5.74, 6) is 0.225. The van der Waals surface area contributed by atoms with Crippen LogP contribution in [0.4, 0.5) is 16.2 Å². The number of piperidine rings is 1. The van der Waals surface area contributed by atoms with Gasteiger partial charge >= 0.3 is 6.03 Å². The number of carbonyl (C=O) groups excluding carboxylic acids is 3. The van der Waals surface area contributed by atoms with Crippen LogP contribution in [0.2, 0.25) is 0 Å². The minimum atomic E-state index is -0.498. The average molecular weight is 598 g/mol. The highest BCUT2D eigenvalue weighted by Crippen LogP contribution is 2.38. The molecule has 1 fully saturated rings. The molecule has 10 heteroatoms. The van der Waals surface area contributed by atoms with E-state index in [1.165, 1.54) is 6.08 Å². The van der Waals surface area contributed by atoms with Crippen LogP contribution in [0.1, 0.15) is 38.3 Å². The Bertz CT molecular complexity index is 1480. The first-order chi connectivity index (χ1) is 21.1. The molecule has 2 atom stereocenters. The second-order valence-electron chi connectivity index (χ2n) is 12.5. The van der Waals surface area contributed by atoms with E-state index in [-0.39, 0.29) is 29.8 Å². The Morgan fingerprint density at radius 3 is 2.59 bits per heavy atom. The SMILES string of the molecule is C=CC(=O)N1CCCC(C(=O)Nc2cccc(NC3=NCC4=C3CN(C(=O)N[C@H](CN(C)C)c3ccccc3)C4(C)C)c2)C1. The van der Waals surface area contributed by atoms with E-state index in [1.807, 2.05) is 73.6 Å². The van der Waals surface area contributed by atoms with Crippen LogP contribution in [0.3, 0.4) is 0 Å². The molecule has 2 aromatic rings. The van der Waals surface area contributed by atoms with Gasteiger partial charge in [0.1, 0.15) is 5.84 Å². The number of hydrogen-bond acceptors (Lipinski definition) is 6. The fraction of sp³-hybridized carbons (Fsp3) is 0.412. The first-order valence-electron chi connectivity index (χ1n) is 15.2. The molecule has 3 aliphatic heterocycles. The van der Waals surface area contributed by atoms with Gasteiger partial charge in [0.25, 0.3) is 0 Å². The number of aliphatic imine (C=N–C) groups is 1. The van der Waals surface area contributed by atoms with Crippen LogP contribution < -0.4 is 16.0 Å². The van der Waals surface area contributed by atoms with Gasteiger partial charge in [0.15, 0.2) is 0 Å². The fourth-order valence-electron chi connectivity index (χ4n) is 6.27. The van der Waals surface area contributed by atoms with Crippen molar-refractivity contribution in [3.05, 3.63) is 84.0 Å². The highest BCUT2D eigenvalue weighted by Gasteiger charge is 2.45. The Morgan fingerprint density at radius 1 is 1.11 bits per heavy atom. The molecule has 1 unspecified atom stereocenters. The Balaban J connectivity index is 1.23. The maximum atomic E-state index is 13.7. The number of likely N-dealkylation sites (N-methyl/N-ethyl adjacent to an activating group) is 1. The number of carbonyl (C=O) groups is 3. The van der Waals surface area contributed by atoms with Gasteiger partial charge in [0.2, 0.25) is 11.8 Å². The van der Waals surface area contributed by atoms with Crippen molar-refractivity contribution in [1.82, 2.24) is 20.0 Å². The molecule has 0 aromatic heterocycles. The standard InChI is InChI=1S/C34H43N7O3/c1-6-30(42)40-17-11-14-24(20-40)32(43)37-26-16-10-15-25(18-26)36-31-27-21-41(34(2,3)28(27)19-35-31)33(44)38-29(22-39(4)5)23-12-8-7-9-13-23/h6-10,12-13,15-16,18,24,29H,1,11,14,17,19-22H2,2-5H3,(H,35,36)(H,37,43)(H,38,44)/t24?,29-/m1/s1. The summed E-state index contributed by atoms with van der Waals surface area (Å²) in [6.45, 7) is 10.4. The monoisotopic (exact) mass is 597 g/mol. The maximum absolute atomic E-state index is 13.7. The zero-order chi connectivity index (χ0) is 31.4. The lowest BCUT2D eigenvalue weighted by atomic mass is 9.94. The molecule has 3 N–H and O–H groups in total. The van der Waals surface area contributed by atoms with Crippen LogP contribution in [0.5, 0.6) is 0 Å². The molecule has 10 nitrogen and oxygen atoms in total. The van der Waals surface area contributed by atoms with E-state index in [0.717, 1.165) is 41.1 Å². The summed E-state index contributed by atoms with van der Waals surface area (Å²) < 4.78 is 0. The van der Waals surface area contributed by atoms with Gasteiger partial charge in [-0.15, -0.1) is 0 Å². The second kappa shape index (κ2) is 13.1. The van der Waals surface area contributed by atoms with Gasteiger partial charge in [-0.3, -0.25) is 14.6 Å². The van der Waals surface area contributed by atoms with Crippen LogP contribution in [0.25, 0.3) is 0 Å². The van der Waals surface area contributed by atoms with Gasteiger partial charge in [-0.25, -0.2) is 4.79 Å². The van der Waals surface area contributed by atoms with Crippen LogP contribution in [0.15, 0.2) is 83.4 Å². The second-order valence-corrected chi connectivity index (χ2v) is 12.5. The molecular formula is C34H43N7O3. The van der Waals surface area contributed by atoms with Crippen molar-refractivity contribution in [3.63, 3.8) is 0 Å². The van der Waals surface area contributed by atoms with E-state index < -0.39 is 5.54 Å². The third kappa shape index (κ3) is 6.70. The fourth-order valence-corrected chi connectivity index (χ4v) is 6.27. The number of nitrogens with one attached hydrogen (secondary N) is 3. The molecular weight excluding hydrogens is 554 g/mol. The number of anilines is 2. The van der Waals surface area contributed by atoms with E-state index in [2.05, 4.69) is 41.3 Å². The maximum Gasteiger partial charge on any atom is 0.318 e. The molecule has 0 saturated carbocycles. The van der Waals surface area contributed by atoms with Crippen molar-refractivity contribution in [2.45, 2.75) is 38.3 Å². The van der Waals surface area contributed by atoms with Gasteiger partial charge in [0.05, 0.1) is 30.6 Å². The molecule has 1 saturated heterocycles. The van der Waals surface area contributed by atoms with E-state index in [1.54, 1.807) is 4.90 Å². The van der Waals surface area contributed by atoms with Crippen molar-refractivity contribution < 1.29 is 14.4 Å². The number of rotatable bonds is 8. The Hall–Kier alpha value is -4.44. The quantitative estimate of drug-likeness (QED) is 0.394. The first kappa shape index (κ1) is 31.0. The van der Waals surface area contributed by atoms with Crippen molar-refractivity contribution in [2.75, 3.05) is 57.5 Å². The van der Waals surface area contributed by atoms with Gasteiger partial charge in [-0.05, 0) is 76.2 Å². The van der Waals surface area contributed by atoms with Crippen LogP contribution >= 0.6 is 0 Å². The third-order valence-corrected chi connectivity index (χ3v) is 8.74. The normalized spacial score (nSPS) is 19.8. The number of amides is 4. The van der Waals surface area contributed by atoms with Crippen molar-refractivity contribution in [1.29, 1.82) is 0 Å². The molecule has 0 radical (unpaired) electrons. The van der Waals surface area contributed by atoms with E-state index in [0.29, 0.717) is 38.4 Å². The number of urea groups is 1. The number of amidine groups is 1. The van der Waals surface area contributed by atoms with Crippen molar-refractivity contribution in [3.8, 4) is 0 Å². The molecule has 232 valence electrons. The molecule has 0 spiro atoms. The summed E-state index contributed by atoms with van der Waals surface area (Å²) in [6.07, 6.45) is 2.82. The predicted octanol–water partition coefficient (Wildman–Crippen LogP) is 4.28. The lowest BCUT2D eigenvalue weighted by Crippen LogP contribution is -2.52. The Labute approximate surface area is 259 Å². The zero-order valence-electron chi connectivity index (χ0n) is 26.1. The molecule has 0 aliphatic carbocycles. The Kier molecular flexibility index (Phi) is 9.20. The summed E-state index contributed by atoms with van der Waals surface area (Å²) in [6, 6.07) is 17.3. The topological polar surface area (TPSA) is 109 Å². The van der Waals surface area contributed by atoms with Gasteiger partial charge in [-0.2, -0.15) is 0 Å². The highest BCUT2D eigenvalue weighted by atomic mass is 16.2. The van der Waals surface area contributed by atoms with E-state index in [4.69, 9.17) is 4.99 Å². The molecule has 5 rings (SSSR count). The summed E-state index contributed by atoms with van der Waals surface area (Å²) in [4.78, 5) is 49.2. The summed E-state index contributed by atoms with van der Waals surface area (Å²) in [7, 11) is 4.01. The van der Waals surface area contributed by atoms with Crippen molar-refractivity contribution >= 4 is 35.1 Å². The van der Waals surface area contributed by atoms with Crippen LogP contribution in [-0.4, -0.2) is 90.7 Å². The lowest BCUT2D eigenvalue weighted by molar-refractivity contribution is -0.130. The van der Waals surface area contributed by atoms with E-state index in [9.17, 15) is 14.4 Å². The highest BCUT2D eigenvalue weighted by molar-refractivity contribution is 6.12. The molecule has 44 heavy (non-hydrogen) atoms. The van der Waals surface area contributed by atoms with Gasteiger partial charge in [-0.1, -0.05) is 43.0 Å². The largest absolute Gasteiger partial charge is 0.340 e. The minimum Gasteiger partial charge on any atom is -0.340 e. The van der Waals surface area contributed by atoms with Crippen LogP contribution in [-0.2, 0) is 9.59 Å². The van der Waals surface area contributed by atoms with Gasteiger partial charge < -0.3 is 30.7 Å². The molecule has 2 aromatic carbocycles. The first-order valence-corrected chi connectivity index (χ1v) is 15.2. The summed E-state index contributed by atoms with van der Waals surface area (Å²) in [5, 5.41) is 9.73. The molecule has 3 aliphatic rings. The summed E-state index contributed by atoms with van der Waals surface area (Å²) in [5.41, 5.74) is 4.17. The predicted molar refractivity (Wildman–Crippen MR) is 175 cm³/mol. The lowest BCUT2D eigenvalue weighted by Gasteiger charge is -2.36. The van der Waals surface area contributed by atoms with Gasteiger partial charge in [0, 0.05) is 36.6 Å². The third-order valence-electron chi connectivity index (χ3n) is 8.74. The summed E-state index contributed by atoms with van der Waals surface area (Å²) >= 11 is 0. The number of hydrogen-bond donors (Lipinski definition) is 3.